The van der Waals surface area contributed by atoms with Crippen LogP contribution in [0.15, 0.2) is 29.2 Å². The van der Waals surface area contributed by atoms with Gasteiger partial charge >= 0.3 is 0 Å². The Balaban J connectivity index is 1.25. The average molecular weight is 545 g/mol. The topological polar surface area (TPSA) is 122 Å². The summed E-state index contributed by atoms with van der Waals surface area (Å²) >= 11 is -1.14. The number of nitrogens with one attached hydrogen (secondary N) is 1. The number of likely N-dealkylation sites (tertiary alicyclic amines) is 1. The van der Waals surface area contributed by atoms with E-state index < -0.39 is 21.2 Å². The van der Waals surface area contributed by atoms with Gasteiger partial charge in [-0.15, -0.1) is 0 Å². The number of carbonyl (C=O) groups excluding carboxylic acids is 1. The van der Waals surface area contributed by atoms with Gasteiger partial charge in [-0.25, -0.2) is 13.4 Å². The fourth-order valence-electron chi connectivity index (χ4n) is 6.19. The van der Waals surface area contributed by atoms with Crippen molar-refractivity contribution in [3.63, 3.8) is 0 Å². The molecule has 2 fully saturated rings. The van der Waals surface area contributed by atoms with E-state index in [1.807, 2.05) is 18.2 Å². The van der Waals surface area contributed by atoms with E-state index >= 15 is 0 Å². The van der Waals surface area contributed by atoms with Gasteiger partial charge in [0.1, 0.15) is 11.4 Å². The lowest BCUT2D eigenvalue weighted by atomic mass is 9.74. The number of hydrogen-bond donors (Lipinski definition) is 1. The van der Waals surface area contributed by atoms with Gasteiger partial charge in [0.05, 0.1) is 11.9 Å². The molecule has 12 heteroatoms. The van der Waals surface area contributed by atoms with Crippen molar-refractivity contribution in [3.05, 3.63) is 35.5 Å². The van der Waals surface area contributed by atoms with Crippen LogP contribution in [0.4, 0.5) is 17.5 Å². The molecule has 1 N–H and O–H groups in total. The number of amides is 1. The number of anilines is 3. The van der Waals surface area contributed by atoms with E-state index in [0.29, 0.717) is 67.9 Å². The van der Waals surface area contributed by atoms with Crippen LogP contribution in [0.5, 0.6) is 0 Å². The maximum Gasteiger partial charge on any atom is 0.232 e. The lowest BCUT2D eigenvalue weighted by Gasteiger charge is -2.40. The average Bonchev–Trinajstić information content (AvgIpc) is 3.40. The summed E-state index contributed by atoms with van der Waals surface area (Å²) in [5, 5.41) is 3.49. The van der Waals surface area contributed by atoms with Gasteiger partial charge < -0.3 is 19.7 Å². The highest BCUT2D eigenvalue weighted by Crippen LogP contribution is 2.48. The number of aromatic nitrogens is 2. The Morgan fingerprint density at radius 2 is 1.92 bits per heavy atom. The van der Waals surface area contributed by atoms with Crippen LogP contribution >= 0.6 is 0 Å². The number of likely N-dealkylation sites (N-methyl/N-ethyl adjacent to an activating group) is 1. The molecule has 10 nitrogen and oxygen atoms in total. The molecule has 2 saturated heterocycles. The van der Waals surface area contributed by atoms with Crippen LogP contribution < -0.4 is 14.5 Å². The van der Waals surface area contributed by atoms with E-state index in [2.05, 4.69) is 16.3 Å². The summed E-state index contributed by atoms with van der Waals surface area (Å²) in [5.74, 6) is 1.94. The normalized spacial score (nSPS) is 24.9. The highest BCUT2D eigenvalue weighted by Gasteiger charge is 2.47. The number of sulfonamides is 1. The highest BCUT2D eigenvalue weighted by atomic mass is 32.2. The monoisotopic (exact) mass is 544 g/mol. The number of aryl methyl sites for hydroxylation is 1. The number of rotatable bonds is 4. The van der Waals surface area contributed by atoms with Crippen LogP contribution in [0, 0.1) is 0 Å². The van der Waals surface area contributed by atoms with Gasteiger partial charge in [0.2, 0.25) is 26.8 Å². The second kappa shape index (κ2) is 9.02. The first kappa shape index (κ1) is 24.7. The van der Waals surface area contributed by atoms with Crippen molar-refractivity contribution in [1.82, 2.24) is 14.9 Å². The van der Waals surface area contributed by atoms with Crippen molar-refractivity contribution in [1.29, 1.82) is 0 Å². The number of nitrogens with zero attached hydrogens (tertiary/aromatic N) is 5. The summed E-state index contributed by atoms with van der Waals surface area (Å²) in [7, 11) is -1.56. The largest absolute Gasteiger partial charge is 0.611 e. The molecule has 198 valence electrons. The Kier molecular flexibility index (Phi) is 6.03. The second-order valence-electron chi connectivity index (χ2n) is 10.7. The fourth-order valence-corrected chi connectivity index (χ4v) is 8.50. The molecule has 4 aliphatic rings. The predicted octanol–water partition coefficient (Wildman–Crippen LogP) is 1.49. The second-order valence-corrected chi connectivity index (χ2v) is 14.1. The van der Waals surface area contributed by atoms with Crippen molar-refractivity contribution >= 4 is 44.6 Å². The fraction of sp³-hybridized carbons (Fsp3) is 0.560. The Morgan fingerprint density at radius 1 is 1.16 bits per heavy atom. The third-order valence-corrected chi connectivity index (χ3v) is 10.8. The Bertz CT molecular complexity index is 1340. The van der Waals surface area contributed by atoms with Crippen molar-refractivity contribution in [2.24, 2.45) is 0 Å². The molecule has 0 saturated carbocycles. The molecule has 1 unspecified atom stereocenters. The van der Waals surface area contributed by atoms with E-state index in [1.165, 1.54) is 6.26 Å². The summed E-state index contributed by atoms with van der Waals surface area (Å²) in [6.45, 7) is 2.45. The Morgan fingerprint density at radius 3 is 2.65 bits per heavy atom. The number of carbonyl (C=O) groups is 1. The third-order valence-electron chi connectivity index (χ3n) is 8.24. The van der Waals surface area contributed by atoms with Gasteiger partial charge in [0.15, 0.2) is 5.82 Å². The molecule has 1 aromatic carbocycles. The Hall–Kier alpha value is -2.57. The zero-order chi connectivity index (χ0) is 25.9. The molecule has 0 aliphatic carbocycles. The predicted molar refractivity (Wildman–Crippen MR) is 143 cm³/mol. The Labute approximate surface area is 220 Å². The first-order chi connectivity index (χ1) is 17.6. The van der Waals surface area contributed by atoms with Crippen molar-refractivity contribution in [3.8, 4) is 0 Å². The SMILES string of the molecule is CN1C[C@@H](Nc2nc(N3CCC4(CC3)CN(S(C)(=O)=O)c3ccccc34)nc3c2[S+]([O-])CC3)CCC1=O. The summed E-state index contributed by atoms with van der Waals surface area (Å²) < 4.78 is 39.4. The zero-order valence-corrected chi connectivity index (χ0v) is 22.8. The standard InChI is InChI=1S/C25H32N6O4S2/c1-29-15-17(7-8-21(29)32)26-23-22-19(9-14-36(22)33)27-24(28-23)30-12-10-25(11-13-30)16-31(37(2,34)35)20-6-4-3-5-18(20)25/h3-6,17H,7-16H2,1-2H3,(H,26,27,28)/t17-,36?/m0/s1. The minimum Gasteiger partial charge on any atom is -0.611 e. The minimum absolute atomic E-state index is 0.0498. The van der Waals surface area contributed by atoms with E-state index in [-0.39, 0.29) is 17.4 Å². The van der Waals surface area contributed by atoms with Crippen molar-refractivity contribution in [2.45, 2.75) is 48.5 Å². The highest BCUT2D eigenvalue weighted by molar-refractivity contribution is 7.92. The number of piperidine rings is 2. The molecule has 4 aliphatic heterocycles. The van der Waals surface area contributed by atoms with Gasteiger partial charge in [0.25, 0.3) is 0 Å². The smallest absolute Gasteiger partial charge is 0.232 e. The molecule has 2 aromatic rings. The van der Waals surface area contributed by atoms with Gasteiger partial charge in [0, 0.05) is 57.5 Å². The maximum atomic E-state index is 12.8. The molecule has 5 heterocycles. The molecular formula is C25H32N6O4S2. The van der Waals surface area contributed by atoms with Crippen molar-refractivity contribution in [2.75, 3.05) is 59.8 Å². The molecule has 1 aromatic heterocycles. The molecular weight excluding hydrogens is 512 g/mol. The van der Waals surface area contributed by atoms with Gasteiger partial charge in [-0.1, -0.05) is 18.2 Å². The van der Waals surface area contributed by atoms with E-state index in [9.17, 15) is 17.8 Å². The van der Waals surface area contributed by atoms with Gasteiger partial charge in [-0.3, -0.25) is 9.10 Å². The van der Waals surface area contributed by atoms with Crippen LogP contribution in [0.2, 0.25) is 0 Å². The molecule has 37 heavy (non-hydrogen) atoms. The molecule has 1 spiro atoms. The summed E-state index contributed by atoms with van der Waals surface area (Å²) in [4.78, 5) is 26.2. The van der Waals surface area contributed by atoms with Crippen LogP contribution in [0.1, 0.15) is 36.9 Å². The van der Waals surface area contributed by atoms with Crippen molar-refractivity contribution < 1.29 is 17.8 Å². The first-order valence-electron chi connectivity index (χ1n) is 12.8. The van der Waals surface area contributed by atoms with E-state index in [0.717, 1.165) is 29.8 Å². The molecule has 0 radical (unpaired) electrons. The van der Waals surface area contributed by atoms with Crippen LogP contribution in [-0.2, 0) is 37.8 Å². The summed E-state index contributed by atoms with van der Waals surface area (Å²) in [5.41, 5.74) is 2.50. The number of para-hydroxylation sites is 1. The molecule has 1 amide bonds. The number of benzene rings is 1. The number of hydrogen-bond acceptors (Lipinski definition) is 8. The zero-order valence-electron chi connectivity index (χ0n) is 21.1. The van der Waals surface area contributed by atoms with Gasteiger partial charge in [-0.2, -0.15) is 4.98 Å². The lowest BCUT2D eigenvalue weighted by molar-refractivity contribution is -0.132. The summed E-state index contributed by atoms with van der Waals surface area (Å²) in [6.07, 6.45) is 4.71. The lowest BCUT2D eigenvalue weighted by Crippen LogP contribution is -2.46. The molecule has 6 rings (SSSR count). The summed E-state index contributed by atoms with van der Waals surface area (Å²) in [6, 6.07) is 7.88. The maximum absolute atomic E-state index is 12.8. The van der Waals surface area contributed by atoms with Gasteiger partial charge in [-0.05, 0) is 42.1 Å². The van der Waals surface area contributed by atoms with Crippen LogP contribution in [-0.4, -0.2) is 85.0 Å². The van der Waals surface area contributed by atoms with Crippen LogP contribution in [0.3, 0.4) is 0 Å². The number of fused-ring (bicyclic) bond motifs is 3. The molecule has 2 atom stereocenters. The third kappa shape index (κ3) is 4.32. The first-order valence-corrected chi connectivity index (χ1v) is 15.9. The quantitative estimate of drug-likeness (QED) is 0.575. The molecule has 0 bridgehead atoms. The van der Waals surface area contributed by atoms with E-state index in [4.69, 9.17) is 9.97 Å². The van der Waals surface area contributed by atoms with E-state index in [1.54, 1.807) is 16.3 Å². The van der Waals surface area contributed by atoms with Crippen LogP contribution in [0.25, 0.3) is 0 Å². The minimum atomic E-state index is -3.36.